The van der Waals surface area contributed by atoms with Gasteiger partial charge in [-0.15, -0.1) is 0 Å². The summed E-state index contributed by atoms with van der Waals surface area (Å²) in [7, 11) is 1.44. The van der Waals surface area contributed by atoms with Gasteiger partial charge in [0.05, 0.1) is 12.7 Å². The highest BCUT2D eigenvalue weighted by Gasteiger charge is 2.07. The Morgan fingerprint density at radius 3 is 2.75 bits per heavy atom. The van der Waals surface area contributed by atoms with Gasteiger partial charge in [-0.2, -0.15) is 4.98 Å². The number of ether oxygens (including phenoxy) is 1. The zero-order valence-corrected chi connectivity index (χ0v) is 9.21. The topological polar surface area (TPSA) is 50.8 Å². The normalized spacial score (nSPS) is 10.1. The van der Waals surface area contributed by atoms with Crippen molar-refractivity contribution >= 4 is 12.2 Å². The standard InChI is InChI=1S/C10H8FN3OS/c1-15-9-12-8(13-10(16)14-9)6-4-2-3-5-7(6)11/h2-5H,1H3,(H,12,13,14,16). The van der Waals surface area contributed by atoms with E-state index in [0.717, 1.165) is 0 Å². The number of hydrogen-bond donors (Lipinski definition) is 1. The lowest BCUT2D eigenvalue weighted by Crippen LogP contribution is -1.98. The minimum Gasteiger partial charge on any atom is -0.468 e. The summed E-state index contributed by atoms with van der Waals surface area (Å²) < 4.78 is 18.5. The fraction of sp³-hybridized carbons (Fsp3) is 0.100. The Hall–Kier alpha value is -1.82. The molecule has 0 aliphatic heterocycles. The van der Waals surface area contributed by atoms with Gasteiger partial charge in [0.25, 0.3) is 6.01 Å². The summed E-state index contributed by atoms with van der Waals surface area (Å²) in [6, 6.07) is 6.47. The first-order valence-electron chi connectivity index (χ1n) is 4.48. The van der Waals surface area contributed by atoms with Crippen molar-refractivity contribution in [2.24, 2.45) is 0 Å². The molecule has 0 radical (unpaired) electrons. The first kappa shape index (κ1) is 10.7. The summed E-state index contributed by atoms with van der Waals surface area (Å²) in [5, 5.41) is 0. The number of H-pyrrole nitrogens is 1. The van der Waals surface area contributed by atoms with E-state index in [0.29, 0.717) is 11.4 Å². The molecule has 0 atom stereocenters. The third-order valence-corrected chi connectivity index (χ3v) is 2.13. The average molecular weight is 237 g/mol. The lowest BCUT2D eigenvalue weighted by Gasteiger charge is -2.04. The SMILES string of the molecule is COc1nc(=S)nc(-c2ccccc2F)[nH]1. The molecule has 0 bridgehead atoms. The van der Waals surface area contributed by atoms with Gasteiger partial charge in [-0.25, -0.2) is 9.37 Å². The Bertz CT molecular complexity index is 570. The van der Waals surface area contributed by atoms with Crippen LogP contribution in [0.25, 0.3) is 11.4 Å². The molecule has 2 aromatic rings. The monoisotopic (exact) mass is 237 g/mol. The van der Waals surface area contributed by atoms with Crippen molar-refractivity contribution in [1.29, 1.82) is 0 Å². The summed E-state index contributed by atoms with van der Waals surface area (Å²) in [5.41, 5.74) is 0.328. The molecule has 1 aromatic carbocycles. The fourth-order valence-corrected chi connectivity index (χ4v) is 1.42. The number of hydrogen-bond acceptors (Lipinski definition) is 4. The molecule has 0 amide bonds. The first-order valence-corrected chi connectivity index (χ1v) is 4.89. The van der Waals surface area contributed by atoms with Gasteiger partial charge >= 0.3 is 0 Å². The fourth-order valence-electron chi connectivity index (χ4n) is 1.24. The predicted molar refractivity (Wildman–Crippen MR) is 59.2 cm³/mol. The lowest BCUT2D eigenvalue weighted by molar-refractivity contribution is 0.378. The predicted octanol–water partition coefficient (Wildman–Crippen LogP) is 2.35. The van der Waals surface area contributed by atoms with Crippen LogP contribution in [0.1, 0.15) is 0 Å². The van der Waals surface area contributed by atoms with Gasteiger partial charge in [-0.1, -0.05) is 12.1 Å². The number of aromatic amines is 1. The molecule has 1 aromatic heterocycles. The molecule has 0 aliphatic carbocycles. The lowest BCUT2D eigenvalue weighted by atomic mass is 10.2. The smallest absolute Gasteiger partial charge is 0.297 e. The Morgan fingerprint density at radius 2 is 2.06 bits per heavy atom. The number of methoxy groups -OCH3 is 1. The van der Waals surface area contributed by atoms with Gasteiger partial charge in [-0.3, -0.25) is 4.98 Å². The Labute approximate surface area is 96.2 Å². The van der Waals surface area contributed by atoms with Gasteiger partial charge in [-0.05, 0) is 24.4 Å². The summed E-state index contributed by atoms with van der Waals surface area (Å²) in [6.07, 6.45) is 0. The second kappa shape index (κ2) is 4.36. The van der Waals surface area contributed by atoms with Gasteiger partial charge in [0.15, 0.2) is 0 Å². The van der Waals surface area contributed by atoms with Crippen molar-refractivity contribution in [3.63, 3.8) is 0 Å². The third-order valence-electron chi connectivity index (χ3n) is 1.95. The van der Waals surface area contributed by atoms with Gasteiger partial charge < -0.3 is 4.74 Å². The van der Waals surface area contributed by atoms with Crippen LogP contribution in [0.2, 0.25) is 0 Å². The molecular formula is C10H8FN3OS. The number of benzene rings is 1. The minimum absolute atomic E-state index is 0.105. The van der Waals surface area contributed by atoms with E-state index in [9.17, 15) is 4.39 Å². The maximum Gasteiger partial charge on any atom is 0.297 e. The van der Waals surface area contributed by atoms with Crippen molar-refractivity contribution in [2.45, 2.75) is 0 Å². The molecular weight excluding hydrogens is 229 g/mol. The molecule has 1 N–H and O–H groups in total. The summed E-state index contributed by atoms with van der Waals surface area (Å²) >= 11 is 4.85. The largest absolute Gasteiger partial charge is 0.468 e. The van der Waals surface area contributed by atoms with Crippen LogP contribution >= 0.6 is 12.2 Å². The van der Waals surface area contributed by atoms with Crippen LogP contribution < -0.4 is 4.74 Å². The van der Waals surface area contributed by atoms with Crippen molar-refractivity contribution in [3.8, 4) is 17.4 Å². The Kier molecular flexibility index (Phi) is 2.91. The molecule has 6 heteroatoms. The highest BCUT2D eigenvalue weighted by molar-refractivity contribution is 7.71. The molecule has 0 aliphatic rings. The molecule has 4 nitrogen and oxygen atoms in total. The number of halogens is 1. The van der Waals surface area contributed by atoms with E-state index in [1.54, 1.807) is 18.2 Å². The first-order chi connectivity index (χ1) is 7.70. The van der Waals surface area contributed by atoms with Gasteiger partial charge in [0.1, 0.15) is 11.6 Å². The number of nitrogens with zero attached hydrogens (tertiary/aromatic N) is 2. The van der Waals surface area contributed by atoms with E-state index in [1.165, 1.54) is 13.2 Å². The van der Waals surface area contributed by atoms with Crippen LogP contribution in [-0.4, -0.2) is 22.1 Å². The van der Waals surface area contributed by atoms with Crippen molar-refractivity contribution in [3.05, 3.63) is 34.9 Å². The van der Waals surface area contributed by atoms with E-state index in [-0.39, 0.29) is 16.6 Å². The van der Waals surface area contributed by atoms with Crippen LogP contribution in [0, 0.1) is 10.6 Å². The second-order valence-electron chi connectivity index (χ2n) is 2.97. The summed E-state index contributed by atoms with van der Waals surface area (Å²) in [5.74, 6) is -0.0798. The van der Waals surface area contributed by atoms with E-state index < -0.39 is 0 Å². The van der Waals surface area contributed by atoms with Crippen LogP contribution in [-0.2, 0) is 0 Å². The van der Waals surface area contributed by atoms with Crippen LogP contribution in [0.3, 0.4) is 0 Å². The zero-order chi connectivity index (χ0) is 11.5. The third kappa shape index (κ3) is 2.06. The molecule has 16 heavy (non-hydrogen) atoms. The second-order valence-corrected chi connectivity index (χ2v) is 3.33. The quantitative estimate of drug-likeness (QED) is 0.814. The van der Waals surface area contributed by atoms with Crippen LogP contribution in [0.5, 0.6) is 6.01 Å². The summed E-state index contributed by atoms with van der Waals surface area (Å²) in [6.45, 7) is 0. The van der Waals surface area contributed by atoms with Crippen molar-refractivity contribution in [2.75, 3.05) is 7.11 Å². The average Bonchev–Trinajstić information content (AvgIpc) is 2.28. The molecule has 82 valence electrons. The highest BCUT2D eigenvalue weighted by atomic mass is 32.1. The molecule has 1 heterocycles. The maximum absolute atomic E-state index is 13.5. The maximum atomic E-state index is 13.5. The number of aromatic nitrogens is 3. The van der Waals surface area contributed by atoms with E-state index in [4.69, 9.17) is 17.0 Å². The van der Waals surface area contributed by atoms with E-state index in [2.05, 4.69) is 15.0 Å². The zero-order valence-electron chi connectivity index (χ0n) is 8.40. The molecule has 0 fully saturated rings. The van der Waals surface area contributed by atoms with Crippen LogP contribution in [0.15, 0.2) is 24.3 Å². The van der Waals surface area contributed by atoms with E-state index >= 15 is 0 Å². The van der Waals surface area contributed by atoms with Gasteiger partial charge in [0, 0.05) is 0 Å². The molecule has 0 saturated carbocycles. The molecule has 0 saturated heterocycles. The van der Waals surface area contributed by atoms with Gasteiger partial charge in [0.2, 0.25) is 4.77 Å². The van der Waals surface area contributed by atoms with Crippen molar-refractivity contribution < 1.29 is 9.13 Å². The number of rotatable bonds is 2. The number of nitrogens with one attached hydrogen (secondary N) is 1. The minimum atomic E-state index is -0.381. The molecule has 2 rings (SSSR count). The molecule has 0 spiro atoms. The Morgan fingerprint density at radius 1 is 1.31 bits per heavy atom. The van der Waals surface area contributed by atoms with Crippen molar-refractivity contribution in [1.82, 2.24) is 15.0 Å². The summed E-state index contributed by atoms with van der Waals surface area (Å²) in [4.78, 5) is 10.5. The highest BCUT2D eigenvalue weighted by Crippen LogP contribution is 2.19. The van der Waals surface area contributed by atoms with E-state index in [1.807, 2.05) is 0 Å². The molecule has 0 unspecified atom stereocenters. The van der Waals surface area contributed by atoms with Crippen LogP contribution in [0.4, 0.5) is 4.39 Å². The Balaban J connectivity index is 2.60.